The molecule has 1 aromatic heterocycles. The summed E-state index contributed by atoms with van der Waals surface area (Å²) >= 11 is 10.4. The van der Waals surface area contributed by atoms with E-state index in [9.17, 15) is 4.79 Å². The monoisotopic (exact) mass is 359 g/mol. The Morgan fingerprint density at radius 3 is 2.76 bits per heavy atom. The fourth-order valence-electron chi connectivity index (χ4n) is 1.50. The second-order valence-electron chi connectivity index (χ2n) is 4.25. The van der Waals surface area contributed by atoms with E-state index in [1.165, 1.54) is 23.1 Å². The van der Waals surface area contributed by atoms with E-state index in [0.29, 0.717) is 5.02 Å². The molecule has 0 saturated carbocycles. The molecule has 112 valence electrons. The highest BCUT2D eigenvalue weighted by Crippen LogP contribution is 2.31. The molecule has 1 amide bonds. The van der Waals surface area contributed by atoms with Crippen LogP contribution in [0.1, 0.15) is 12.5 Å². The normalized spacial score (nSPS) is 12.2. The third-order valence-corrected chi connectivity index (χ3v) is 5.98. The molecule has 0 aliphatic rings. The molecule has 0 spiro atoms. The Labute approximate surface area is 141 Å². The van der Waals surface area contributed by atoms with Crippen LogP contribution in [0, 0.1) is 6.92 Å². The molecular formula is C13H14ClN3OS3. The van der Waals surface area contributed by atoms with E-state index >= 15 is 0 Å². The predicted molar refractivity (Wildman–Crippen MR) is 91.8 cm³/mol. The van der Waals surface area contributed by atoms with E-state index in [-0.39, 0.29) is 11.2 Å². The molecule has 2 aromatic rings. The van der Waals surface area contributed by atoms with Crippen LogP contribution in [0.4, 0.5) is 5.69 Å². The van der Waals surface area contributed by atoms with Crippen molar-refractivity contribution < 1.29 is 4.79 Å². The number of nitrogens with one attached hydrogen (secondary N) is 1. The zero-order valence-corrected chi connectivity index (χ0v) is 14.9. The number of nitrogens with zero attached hydrogens (tertiary/aromatic N) is 2. The van der Waals surface area contributed by atoms with Crippen LogP contribution in [0.3, 0.4) is 0 Å². The van der Waals surface area contributed by atoms with Gasteiger partial charge in [-0.2, -0.15) is 0 Å². The molecule has 1 atom stereocenters. The molecule has 0 aliphatic heterocycles. The lowest BCUT2D eigenvalue weighted by molar-refractivity contribution is -0.115. The summed E-state index contributed by atoms with van der Waals surface area (Å²) in [7, 11) is 0. The number of benzene rings is 1. The molecule has 1 aromatic carbocycles. The summed E-state index contributed by atoms with van der Waals surface area (Å²) in [6.07, 6.45) is 1.95. The van der Waals surface area contributed by atoms with Crippen LogP contribution in [-0.2, 0) is 4.79 Å². The largest absolute Gasteiger partial charge is 0.325 e. The number of carbonyl (C=O) groups excluding carboxylic acids is 1. The summed E-state index contributed by atoms with van der Waals surface area (Å²) in [5.74, 6) is -0.0775. The van der Waals surface area contributed by atoms with Crippen molar-refractivity contribution in [3.63, 3.8) is 0 Å². The number of aromatic nitrogens is 2. The van der Waals surface area contributed by atoms with E-state index in [1.54, 1.807) is 23.9 Å². The van der Waals surface area contributed by atoms with E-state index in [4.69, 9.17) is 11.6 Å². The van der Waals surface area contributed by atoms with E-state index in [2.05, 4.69) is 15.5 Å². The van der Waals surface area contributed by atoms with Crippen LogP contribution in [0.25, 0.3) is 0 Å². The molecule has 0 unspecified atom stereocenters. The maximum atomic E-state index is 12.2. The van der Waals surface area contributed by atoms with Gasteiger partial charge in [0.1, 0.15) is 0 Å². The second kappa shape index (κ2) is 7.49. The Balaban J connectivity index is 2.00. The number of carbonyl (C=O) groups is 1. The summed E-state index contributed by atoms with van der Waals surface area (Å²) < 4.78 is 1.70. The van der Waals surface area contributed by atoms with Crippen LogP contribution in [0.2, 0.25) is 5.02 Å². The summed E-state index contributed by atoms with van der Waals surface area (Å²) in [4.78, 5) is 12.2. The highest BCUT2D eigenvalue weighted by atomic mass is 35.5. The van der Waals surface area contributed by atoms with E-state index < -0.39 is 0 Å². The molecule has 0 fully saturated rings. The number of amides is 1. The Morgan fingerprint density at radius 1 is 1.38 bits per heavy atom. The third kappa shape index (κ3) is 4.60. The van der Waals surface area contributed by atoms with Gasteiger partial charge in [-0.25, -0.2) is 0 Å². The van der Waals surface area contributed by atoms with Crippen LogP contribution in [0.5, 0.6) is 0 Å². The summed E-state index contributed by atoms with van der Waals surface area (Å²) in [5, 5.41) is 11.3. The van der Waals surface area contributed by atoms with Gasteiger partial charge in [0.25, 0.3) is 0 Å². The average molecular weight is 360 g/mol. The van der Waals surface area contributed by atoms with Crippen molar-refractivity contribution in [3.05, 3.63) is 28.8 Å². The molecule has 0 saturated heterocycles. The lowest BCUT2D eigenvalue weighted by atomic mass is 10.2. The molecule has 21 heavy (non-hydrogen) atoms. The Bertz CT molecular complexity index is 647. The first-order chi connectivity index (χ1) is 9.99. The lowest BCUT2D eigenvalue weighted by Gasteiger charge is -2.12. The second-order valence-corrected chi connectivity index (χ2v) is 8.30. The molecule has 0 aliphatic carbocycles. The van der Waals surface area contributed by atoms with Gasteiger partial charge >= 0.3 is 0 Å². The van der Waals surface area contributed by atoms with Gasteiger partial charge in [-0.15, -0.1) is 10.2 Å². The predicted octanol–water partition coefficient (Wildman–Crippen LogP) is 4.34. The first kappa shape index (κ1) is 16.6. The molecule has 1 heterocycles. The summed E-state index contributed by atoms with van der Waals surface area (Å²) in [6.45, 7) is 3.78. The standard InChI is InChI=1S/C13H14ClN3OS3/c1-7-4-5-9(14)6-10(7)15-11(18)8(2)20-13-17-16-12(19-3)21-13/h4-6,8H,1-3H3,(H,15,18)/t8-/m0/s1. The Kier molecular flexibility index (Phi) is 5.92. The molecule has 8 heteroatoms. The first-order valence-electron chi connectivity index (χ1n) is 6.10. The van der Waals surface area contributed by atoms with Gasteiger partial charge in [0.05, 0.1) is 5.25 Å². The van der Waals surface area contributed by atoms with Crippen molar-refractivity contribution in [2.45, 2.75) is 27.8 Å². The maximum absolute atomic E-state index is 12.2. The Morgan fingerprint density at radius 2 is 2.10 bits per heavy atom. The van der Waals surface area contributed by atoms with Crippen molar-refractivity contribution >= 4 is 58.1 Å². The minimum Gasteiger partial charge on any atom is -0.325 e. The van der Waals surface area contributed by atoms with Crippen LogP contribution >= 0.6 is 46.5 Å². The molecule has 1 N–H and O–H groups in total. The van der Waals surface area contributed by atoms with Gasteiger partial charge in [-0.05, 0) is 37.8 Å². The zero-order valence-electron chi connectivity index (χ0n) is 11.7. The summed E-state index contributed by atoms with van der Waals surface area (Å²) in [5.41, 5.74) is 1.72. The zero-order chi connectivity index (χ0) is 15.4. The molecule has 2 rings (SSSR count). The SMILES string of the molecule is CSc1nnc(S[C@@H](C)C(=O)Nc2cc(Cl)ccc2C)s1. The van der Waals surface area contributed by atoms with Crippen molar-refractivity contribution in [1.82, 2.24) is 10.2 Å². The number of hydrogen-bond acceptors (Lipinski definition) is 6. The number of anilines is 1. The van der Waals surface area contributed by atoms with Crippen molar-refractivity contribution in [1.29, 1.82) is 0 Å². The number of rotatable bonds is 5. The van der Waals surface area contributed by atoms with Crippen molar-refractivity contribution in [2.24, 2.45) is 0 Å². The molecule has 4 nitrogen and oxygen atoms in total. The van der Waals surface area contributed by atoms with Gasteiger partial charge in [-0.1, -0.05) is 52.5 Å². The Hall–Kier alpha value is -0.760. The topological polar surface area (TPSA) is 54.9 Å². The van der Waals surface area contributed by atoms with Gasteiger partial charge < -0.3 is 5.32 Å². The molecule has 0 bridgehead atoms. The van der Waals surface area contributed by atoms with E-state index in [1.807, 2.05) is 26.2 Å². The fourth-order valence-corrected chi connectivity index (χ4v) is 4.25. The van der Waals surface area contributed by atoms with E-state index in [0.717, 1.165) is 19.9 Å². The van der Waals surface area contributed by atoms with Gasteiger partial charge in [-0.3, -0.25) is 4.79 Å². The smallest absolute Gasteiger partial charge is 0.237 e. The first-order valence-corrected chi connectivity index (χ1v) is 9.40. The number of hydrogen-bond donors (Lipinski definition) is 1. The number of thioether (sulfide) groups is 2. The van der Waals surface area contributed by atoms with Crippen LogP contribution in [0.15, 0.2) is 26.9 Å². The molecular weight excluding hydrogens is 346 g/mol. The third-order valence-electron chi connectivity index (χ3n) is 2.67. The quantitative estimate of drug-likeness (QED) is 0.804. The van der Waals surface area contributed by atoms with Gasteiger partial charge in [0.15, 0.2) is 8.68 Å². The van der Waals surface area contributed by atoms with Crippen molar-refractivity contribution in [2.75, 3.05) is 11.6 Å². The van der Waals surface area contributed by atoms with Crippen LogP contribution < -0.4 is 5.32 Å². The van der Waals surface area contributed by atoms with Gasteiger partial charge in [0.2, 0.25) is 5.91 Å². The highest BCUT2D eigenvalue weighted by molar-refractivity contribution is 8.03. The van der Waals surface area contributed by atoms with Gasteiger partial charge in [0, 0.05) is 10.7 Å². The minimum absolute atomic E-state index is 0.0775. The van der Waals surface area contributed by atoms with Crippen molar-refractivity contribution in [3.8, 4) is 0 Å². The van der Waals surface area contributed by atoms with Crippen LogP contribution in [-0.4, -0.2) is 27.6 Å². The highest BCUT2D eigenvalue weighted by Gasteiger charge is 2.18. The fraction of sp³-hybridized carbons (Fsp3) is 0.308. The summed E-state index contributed by atoms with van der Waals surface area (Å²) in [6, 6.07) is 5.43. The molecule has 0 radical (unpaired) electrons. The number of aryl methyl sites for hydroxylation is 1. The minimum atomic E-state index is -0.258. The lowest BCUT2D eigenvalue weighted by Crippen LogP contribution is -2.22. The average Bonchev–Trinajstić information content (AvgIpc) is 2.90. The maximum Gasteiger partial charge on any atom is 0.237 e. The number of halogens is 1.